The lowest BCUT2D eigenvalue weighted by molar-refractivity contribution is -0.130. The number of anilines is 1. The Morgan fingerprint density at radius 1 is 1.33 bits per heavy atom. The predicted molar refractivity (Wildman–Crippen MR) is 59.9 cm³/mol. The summed E-state index contributed by atoms with van der Waals surface area (Å²) >= 11 is 0. The number of rotatable bonds is 2. The van der Waals surface area contributed by atoms with E-state index in [-0.39, 0.29) is 0 Å². The summed E-state index contributed by atoms with van der Waals surface area (Å²) in [6.07, 6.45) is 0.472. The van der Waals surface area contributed by atoms with E-state index in [9.17, 15) is 4.79 Å². The Morgan fingerprint density at radius 2 is 1.93 bits per heavy atom. The molecule has 0 aliphatic carbocycles. The first kappa shape index (κ1) is 11.1. The Labute approximate surface area is 89.3 Å². The average Bonchev–Trinajstić information content (AvgIpc) is 2.18. The van der Waals surface area contributed by atoms with Crippen molar-refractivity contribution < 1.29 is 9.90 Å². The summed E-state index contributed by atoms with van der Waals surface area (Å²) in [7, 11) is 3.94. The zero-order valence-electron chi connectivity index (χ0n) is 8.82. The van der Waals surface area contributed by atoms with Crippen LogP contribution in [0.3, 0.4) is 0 Å². The van der Waals surface area contributed by atoms with Crippen LogP contribution in [0.4, 0.5) is 5.69 Å². The van der Waals surface area contributed by atoms with Crippen molar-refractivity contribution in [1.82, 2.24) is 0 Å². The van der Waals surface area contributed by atoms with Crippen molar-refractivity contribution in [2.45, 2.75) is 6.42 Å². The SMILES string of the molecule is CN(C)c1ccc(CC#CC(=O)O)cc1. The van der Waals surface area contributed by atoms with E-state index in [2.05, 4.69) is 11.8 Å². The molecule has 78 valence electrons. The molecule has 1 rings (SSSR count). The first-order valence-corrected chi connectivity index (χ1v) is 4.57. The molecule has 0 heterocycles. The maximum Gasteiger partial charge on any atom is 0.381 e. The third-order valence-electron chi connectivity index (χ3n) is 1.94. The van der Waals surface area contributed by atoms with Crippen LogP contribution in [-0.4, -0.2) is 25.2 Å². The molecule has 3 nitrogen and oxygen atoms in total. The number of carboxylic acid groups (broad SMARTS) is 1. The van der Waals surface area contributed by atoms with Gasteiger partial charge in [-0.05, 0) is 17.7 Å². The van der Waals surface area contributed by atoms with Gasteiger partial charge in [-0.15, -0.1) is 0 Å². The van der Waals surface area contributed by atoms with E-state index >= 15 is 0 Å². The quantitative estimate of drug-likeness (QED) is 0.738. The minimum Gasteiger partial charge on any atom is -0.472 e. The highest BCUT2D eigenvalue weighted by Crippen LogP contribution is 2.12. The van der Waals surface area contributed by atoms with Gasteiger partial charge < -0.3 is 10.0 Å². The number of carbonyl (C=O) groups is 1. The van der Waals surface area contributed by atoms with Crippen molar-refractivity contribution >= 4 is 11.7 Å². The summed E-state index contributed by atoms with van der Waals surface area (Å²) in [4.78, 5) is 12.2. The summed E-state index contributed by atoms with van der Waals surface area (Å²) in [5, 5.41) is 8.33. The number of aliphatic carboxylic acids is 1. The summed E-state index contributed by atoms with van der Waals surface area (Å²) in [5.74, 6) is 3.59. The van der Waals surface area contributed by atoms with E-state index in [1.54, 1.807) is 0 Å². The third-order valence-corrected chi connectivity index (χ3v) is 1.94. The van der Waals surface area contributed by atoms with Gasteiger partial charge in [0.25, 0.3) is 0 Å². The van der Waals surface area contributed by atoms with Crippen LogP contribution in [0.5, 0.6) is 0 Å². The molecule has 15 heavy (non-hydrogen) atoms. The molecule has 1 aromatic rings. The zero-order chi connectivity index (χ0) is 11.3. The van der Waals surface area contributed by atoms with Crippen molar-refractivity contribution in [3.8, 4) is 11.8 Å². The highest BCUT2D eigenvalue weighted by Gasteiger charge is 1.94. The lowest BCUT2D eigenvalue weighted by atomic mass is 10.1. The minimum absolute atomic E-state index is 0.472. The number of benzene rings is 1. The molecule has 3 heteroatoms. The Hall–Kier alpha value is -1.95. The van der Waals surface area contributed by atoms with E-state index in [0.717, 1.165) is 11.3 Å². The topological polar surface area (TPSA) is 40.5 Å². The largest absolute Gasteiger partial charge is 0.472 e. The van der Waals surface area contributed by atoms with Crippen LogP contribution >= 0.6 is 0 Å². The molecule has 0 spiro atoms. The van der Waals surface area contributed by atoms with E-state index in [1.807, 2.05) is 43.3 Å². The fourth-order valence-corrected chi connectivity index (χ4v) is 1.13. The van der Waals surface area contributed by atoms with Crippen LogP contribution in [0, 0.1) is 11.8 Å². The summed E-state index contributed by atoms with van der Waals surface area (Å²) in [6, 6.07) is 7.87. The van der Waals surface area contributed by atoms with Crippen molar-refractivity contribution in [3.63, 3.8) is 0 Å². The smallest absolute Gasteiger partial charge is 0.381 e. The first-order valence-electron chi connectivity index (χ1n) is 4.57. The van der Waals surface area contributed by atoms with Crippen molar-refractivity contribution in [2.24, 2.45) is 0 Å². The van der Waals surface area contributed by atoms with Crippen LogP contribution in [0.1, 0.15) is 5.56 Å². The van der Waals surface area contributed by atoms with Gasteiger partial charge >= 0.3 is 5.97 Å². The molecule has 0 saturated carbocycles. The predicted octanol–water partition coefficient (Wildman–Crippen LogP) is 1.38. The summed E-state index contributed by atoms with van der Waals surface area (Å²) in [6.45, 7) is 0. The Balaban J connectivity index is 2.66. The van der Waals surface area contributed by atoms with Crippen LogP contribution in [0.15, 0.2) is 24.3 Å². The van der Waals surface area contributed by atoms with E-state index in [1.165, 1.54) is 0 Å². The van der Waals surface area contributed by atoms with Gasteiger partial charge in [0.15, 0.2) is 0 Å². The fourth-order valence-electron chi connectivity index (χ4n) is 1.13. The first-order chi connectivity index (χ1) is 7.09. The molecule has 0 unspecified atom stereocenters. The molecule has 0 aliphatic rings. The van der Waals surface area contributed by atoms with E-state index in [4.69, 9.17) is 5.11 Å². The maximum atomic E-state index is 10.2. The molecule has 0 aliphatic heterocycles. The van der Waals surface area contributed by atoms with Crippen molar-refractivity contribution in [1.29, 1.82) is 0 Å². The van der Waals surface area contributed by atoms with Crippen LogP contribution in [0.2, 0.25) is 0 Å². The van der Waals surface area contributed by atoms with Crippen molar-refractivity contribution in [3.05, 3.63) is 29.8 Å². The molecule has 0 atom stereocenters. The lowest BCUT2D eigenvalue weighted by Crippen LogP contribution is -2.08. The van der Waals surface area contributed by atoms with Crippen LogP contribution in [-0.2, 0) is 11.2 Å². The Kier molecular flexibility index (Phi) is 3.75. The van der Waals surface area contributed by atoms with Crippen LogP contribution in [0.25, 0.3) is 0 Å². The van der Waals surface area contributed by atoms with Gasteiger partial charge in [-0.25, -0.2) is 4.79 Å². The molecule has 1 aromatic carbocycles. The molecule has 0 saturated heterocycles. The highest BCUT2D eigenvalue weighted by molar-refractivity contribution is 5.86. The van der Waals surface area contributed by atoms with E-state index in [0.29, 0.717) is 6.42 Å². The minimum atomic E-state index is -1.08. The maximum absolute atomic E-state index is 10.2. The van der Waals surface area contributed by atoms with Gasteiger partial charge in [0.2, 0.25) is 0 Å². The zero-order valence-corrected chi connectivity index (χ0v) is 8.82. The van der Waals surface area contributed by atoms with Gasteiger partial charge in [0.05, 0.1) is 0 Å². The molecule has 0 amide bonds. The Morgan fingerprint density at radius 3 is 2.40 bits per heavy atom. The average molecular weight is 203 g/mol. The number of carboxylic acids is 1. The molecule has 0 radical (unpaired) electrons. The number of nitrogens with zero attached hydrogens (tertiary/aromatic N) is 1. The molecular formula is C12H13NO2. The normalized spacial score (nSPS) is 8.93. The summed E-state index contributed by atoms with van der Waals surface area (Å²) in [5.41, 5.74) is 2.14. The molecule has 1 N–H and O–H groups in total. The number of hydrogen-bond donors (Lipinski definition) is 1. The summed E-state index contributed by atoms with van der Waals surface area (Å²) < 4.78 is 0. The molecule has 0 bridgehead atoms. The van der Waals surface area contributed by atoms with Gasteiger partial charge in [0.1, 0.15) is 0 Å². The second-order valence-electron chi connectivity index (χ2n) is 3.34. The molecular weight excluding hydrogens is 190 g/mol. The van der Waals surface area contributed by atoms with Gasteiger partial charge in [-0.1, -0.05) is 18.1 Å². The van der Waals surface area contributed by atoms with Crippen LogP contribution < -0.4 is 4.90 Å². The standard InChI is InChI=1S/C12H13NO2/c1-13(2)11-8-6-10(7-9-11)4-3-5-12(14)15/h6-9H,4H2,1-2H3,(H,14,15). The monoisotopic (exact) mass is 203 g/mol. The van der Waals surface area contributed by atoms with Gasteiger partial charge in [-0.3, -0.25) is 0 Å². The number of hydrogen-bond acceptors (Lipinski definition) is 2. The Bertz CT molecular complexity index is 396. The molecule has 0 aromatic heterocycles. The second kappa shape index (κ2) is 5.06. The van der Waals surface area contributed by atoms with Crippen molar-refractivity contribution in [2.75, 3.05) is 19.0 Å². The molecule has 0 fully saturated rings. The van der Waals surface area contributed by atoms with Gasteiger partial charge in [0, 0.05) is 32.1 Å². The third kappa shape index (κ3) is 3.74. The fraction of sp³-hybridized carbons (Fsp3) is 0.250. The highest BCUT2D eigenvalue weighted by atomic mass is 16.4. The lowest BCUT2D eigenvalue weighted by Gasteiger charge is -2.11. The van der Waals surface area contributed by atoms with E-state index < -0.39 is 5.97 Å². The second-order valence-corrected chi connectivity index (χ2v) is 3.34. The van der Waals surface area contributed by atoms with Gasteiger partial charge in [-0.2, -0.15) is 0 Å².